The third kappa shape index (κ3) is 3.36. The van der Waals surface area contributed by atoms with Crippen molar-refractivity contribution in [3.8, 4) is 5.69 Å². The van der Waals surface area contributed by atoms with Crippen LogP contribution in [0.3, 0.4) is 0 Å². The van der Waals surface area contributed by atoms with Crippen molar-refractivity contribution in [3.05, 3.63) is 41.5 Å². The van der Waals surface area contributed by atoms with Gasteiger partial charge in [0.15, 0.2) is 11.4 Å². The lowest BCUT2D eigenvalue weighted by Gasteiger charge is -2.38. The summed E-state index contributed by atoms with van der Waals surface area (Å²) in [7, 11) is 0. The number of hydrogen-bond donors (Lipinski definition) is 1. The number of aromatic nitrogens is 3. The number of piperidine rings is 1. The molecule has 1 amide bonds. The van der Waals surface area contributed by atoms with Crippen molar-refractivity contribution in [1.82, 2.24) is 25.2 Å². The first-order valence-electron chi connectivity index (χ1n) is 9.08. The summed E-state index contributed by atoms with van der Waals surface area (Å²) < 4.78 is 55.1. The van der Waals surface area contributed by atoms with Crippen molar-refractivity contribution in [2.45, 2.75) is 25.4 Å². The van der Waals surface area contributed by atoms with E-state index < -0.39 is 29.3 Å². The number of carbonyl (C=O) groups is 1. The molecule has 150 valence electrons. The summed E-state index contributed by atoms with van der Waals surface area (Å²) in [5.74, 6) is -1.50. The molecule has 3 heterocycles. The molecular formula is C18H19F4N5O. The molecule has 0 unspecified atom stereocenters. The molecule has 4 rings (SSSR count). The van der Waals surface area contributed by atoms with Gasteiger partial charge < -0.3 is 10.2 Å². The Labute approximate surface area is 158 Å². The molecule has 28 heavy (non-hydrogen) atoms. The summed E-state index contributed by atoms with van der Waals surface area (Å²) >= 11 is 0. The molecule has 10 heteroatoms. The topological polar surface area (TPSA) is 63.1 Å². The Bertz CT molecular complexity index is 878. The smallest absolute Gasteiger partial charge is 0.337 e. The lowest BCUT2D eigenvalue weighted by Crippen LogP contribution is -2.44. The van der Waals surface area contributed by atoms with Crippen LogP contribution in [0, 0.1) is 11.2 Å². The van der Waals surface area contributed by atoms with Crippen LogP contribution in [0.4, 0.5) is 17.6 Å². The molecule has 6 nitrogen and oxygen atoms in total. The third-order valence-corrected chi connectivity index (χ3v) is 5.64. The quantitative estimate of drug-likeness (QED) is 0.792. The van der Waals surface area contributed by atoms with Crippen molar-refractivity contribution in [2.24, 2.45) is 5.41 Å². The van der Waals surface area contributed by atoms with Crippen LogP contribution in [0.25, 0.3) is 5.69 Å². The average Bonchev–Trinajstić information content (AvgIpc) is 3.29. The molecule has 2 saturated heterocycles. The van der Waals surface area contributed by atoms with Crippen molar-refractivity contribution in [1.29, 1.82) is 0 Å². The molecule has 0 atom stereocenters. The fourth-order valence-electron chi connectivity index (χ4n) is 4.03. The minimum atomic E-state index is -4.87. The van der Waals surface area contributed by atoms with E-state index in [9.17, 15) is 22.4 Å². The largest absolute Gasteiger partial charge is 0.435 e. The van der Waals surface area contributed by atoms with Crippen LogP contribution < -0.4 is 5.32 Å². The van der Waals surface area contributed by atoms with E-state index in [0.29, 0.717) is 17.8 Å². The van der Waals surface area contributed by atoms with Crippen LogP contribution in [0.15, 0.2) is 24.3 Å². The van der Waals surface area contributed by atoms with E-state index in [-0.39, 0.29) is 11.1 Å². The SMILES string of the molecule is O=C(c1nnn(-c2cccc(F)c2)c1C(F)(F)F)N1CCC2(CCNC2)CC1. The van der Waals surface area contributed by atoms with E-state index in [2.05, 4.69) is 15.6 Å². The van der Waals surface area contributed by atoms with Crippen LogP contribution in [0.5, 0.6) is 0 Å². The minimum Gasteiger partial charge on any atom is -0.337 e. The Morgan fingerprint density at radius 3 is 2.54 bits per heavy atom. The van der Waals surface area contributed by atoms with Crippen LogP contribution >= 0.6 is 0 Å². The number of alkyl halides is 3. The fraction of sp³-hybridized carbons (Fsp3) is 0.500. The first-order chi connectivity index (χ1) is 13.3. The molecule has 2 aliphatic heterocycles. The zero-order chi connectivity index (χ0) is 19.9. The number of likely N-dealkylation sites (tertiary alicyclic amines) is 1. The second kappa shape index (κ2) is 6.84. The van der Waals surface area contributed by atoms with Gasteiger partial charge in [0.1, 0.15) is 5.82 Å². The molecule has 1 aromatic heterocycles. The summed E-state index contributed by atoms with van der Waals surface area (Å²) in [5, 5.41) is 10.3. The number of rotatable bonds is 2. The van der Waals surface area contributed by atoms with Crippen molar-refractivity contribution < 1.29 is 22.4 Å². The predicted octanol–water partition coefficient (Wildman–Crippen LogP) is 2.64. The summed E-state index contributed by atoms with van der Waals surface area (Å²) in [6.07, 6.45) is -2.37. The second-order valence-corrected chi connectivity index (χ2v) is 7.40. The fourth-order valence-corrected chi connectivity index (χ4v) is 4.03. The van der Waals surface area contributed by atoms with Gasteiger partial charge in [-0.1, -0.05) is 11.3 Å². The lowest BCUT2D eigenvalue weighted by atomic mass is 9.78. The Morgan fingerprint density at radius 1 is 1.18 bits per heavy atom. The summed E-state index contributed by atoms with van der Waals surface area (Å²) in [6.45, 7) is 2.56. The Balaban J connectivity index is 1.63. The molecule has 0 radical (unpaired) electrons. The van der Waals surface area contributed by atoms with Crippen molar-refractivity contribution >= 4 is 5.91 Å². The monoisotopic (exact) mass is 397 g/mol. The minimum absolute atomic E-state index is 0.128. The Hall–Kier alpha value is -2.49. The number of carbonyl (C=O) groups excluding carboxylic acids is 1. The highest BCUT2D eigenvalue weighted by molar-refractivity contribution is 5.93. The van der Waals surface area contributed by atoms with Gasteiger partial charge in [0.05, 0.1) is 5.69 Å². The molecule has 1 aromatic carbocycles. The Morgan fingerprint density at radius 2 is 1.93 bits per heavy atom. The molecule has 2 aliphatic rings. The van der Waals surface area contributed by atoms with Crippen LogP contribution in [-0.4, -0.2) is 52.0 Å². The van der Waals surface area contributed by atoms with E-state index in [1.807, 2.05) is 0 Å². The number of amides is 1. The third-order valence-electron chi connectivity index (χ3n) is 5.64. The van der Waals surface area contributed by atoms with Crippen molar-refractivity contribution in [3.63, 3.8) is 0 Å². The first-order valence-corrected chi connectivity index (χ1v) is 9.08. The van der Waals surface area contributed by atoms with E-state index in [4.69, 9.17) is 0 Å². The molecule has 2 fully saturated rings. The zero-order valence-electron chi connectivity index (χ0n) is 15.0. The van der Waals surface area contributed by atoms with Crippen LogP contribution in [0.1, 0.15) is 35.4 Å². The number of halogens is 4. The van der Waals surface area contributed by atoms with Gasteiger partial charge in [0.2, 0.25) is 0 Å². The van der Waals surface area contributed by atoms with E-state index >= 15 is 0 Å². The lowest BCUT2D eigenvalue weighted by molar-refractivity contribution is -0.143. The van der Waals surface area contributed by atoms with Gasteiger partial charge >= 0.3 is 6.18 Å². The number of hydrogen-bond acceptors (Lipinski definition) is 4. The number of benzene rings is 1. The molecule has 1 spiro atoms. The molecule has 0 aliphatic carbocycles. The van der Waals surface area contributed by atoms with Gasteiger partial charge in [0, 0.05) is 19.6 Å². The summed E-state index contributed by atoms with van der Waals surface area (Å²) in [4.78, 5) is 14.2. The van der Waals surface area contributed by atoms with E-state index in [0.717, 1.165) is 44.5 Å². The van der Waals surface area contributed by atoms with Gasteiger partial charge in [-0.25, -0.2) is 9.07 Å². The highest BCUT2D eigenvalue weighted by atomic mass is 19.4. The van der Waals surface area contributed by atoms with Crippen LogP contribution in [-0.2, 0) is 6.18 Å². The summed E-state index contributed by atoms with van der Waals surface area (Å²) in [5.41, 5.74) is -2.06. The number of nitrogens with one attached hydrogen (secondary N) is 1. The Kier molecular flexibility index (Phi) is 4.60. The maximum Gasteiger partial charge on any atom is 0.435 e. The number of nitrogens with zero attached hydrogens (tertiary/aromatic N) is 4. The normalized spacial score (nSPS) is 19.4. The molecule has 1 N–H and O–H groups in total. The van der Waals surface area contributed by atoms with E-state index in [1.54, 1.807) is 0 Å². The van der Waals surface area contributed by atoms with Gasteiger partial charge in [0.25, 0.3) is 5.91 Å². The zero-order valence-corrected chi connectivity index (χ0v) is 15.0. The first kappa shape index (κ1) is 18.9. The van der Waals surface area contributed by atoms with Gasteiger partial charge in [-0.15, -0.1) is 5.10 Å². The molecule has 2 aromatic rings. The second-order valence-electron chi connectivity index (χ2n) is 7.40. The van der Waals surface area contributed by atoms with Gasteiger partial charge in [-0.3, -0.25) is 4.79 Å². The predicted molar refractivity (Wildman–Crippen MR) is 91.4 cm³/mol. The molecule has 0 saturated carbocycles. The molecular weight excluding hydrogens is 378 g/mol. The van der Waals surface area contributed by atoms with Crippen molar-refractivity contribution in [2.75, 3.05) is 26.2 Å². The van der Waals surface area contributed by atoms with Crippen LogP contribution in [0.2, 0.25) is 0 Å². The highest BCUT2D eigenvalue weighted by Crippen LogP contribution is 2.38. The highest BCUT2D eigenvalue weighted by Gasteiger charge is 2.44. The average molecular weight is 397 g/mol. The standard InChI is InChI=1S/C18H19F4N5O/c19-12-2-1-3-13(10-12)27-15(18(20,21)22)14(24-25-27)16(28)26-8-5-17(6-9-26)4-7-23-11-17/h1-3,10,23H,4-9,11H2. The maximum atomic E-state index is 13.7. The van der Waals surface area contributed by atoms with Gasteiger partial charge in [-0.2, -0.15) is 13.2 Å². The maximum absolute atomic E-state index is 13.7. The molecule has 0 bridgehead atoms. The van der Waals surface area contributed by atoms with E-state index in [1.165, 1.54) is 17.0 Å². The van der Waals surface area contributed by atoms with Gasteiger partial charge in [-0.05, 0) is 49.4 Å². The summed E-state index contributed by atoms with van der Waals surface area (Å²) in [6, 6.07) is 4.57.